The Hall–Kier alpha value is -1.06. The second kappa shape index (κ2) is 3.83. The fourth-order valence-corrected chi connectivity index (χ4v) is 2.36. The summed E-state index contributed by atoms with van der Waals surface area (Å²) >= 11 is 0. The van der Waals surface area contributed by atoms with E-state index in [-0.39, 0.29) is 0 Å². The molecule has 80 valence electrons. The van der Waals surface area contributed by atoms with E-state index in [4.69, 9.17) is 4.74 Å². The van der Waals surface area contributed by atoms with Crippen LogP contribution in [-0.4, -0.2) is 37.2 Å². The van der Waals surface area contributed by atoms with Crippen LogP contribution in [0.2, 0.25) is 0 Å². The summed E-state index contributed by atoms with van der Waals surface area (Å²) in [5.41, 5.74) is 1.32. The quantitative estimate of drug-likeness (QED) is 0.678. The molecule has 1 saturated heterocycles. The topological polar surface area (TPSA) is 24.5 Å². The molecule has 0 aliphatic carbocycles. The van der Waals surface area contributed by atoms with Crippen molar-refractivity contribution in [2.75, 3.05) is 26.2 Å². The number of rotatable bonds is 0. The molecule has 0 amide bonds. The summed E-state index contributed by atoms with van der Waals surface area (Å²) in [6.45, 7) is 5.11. The summed E-state index contributed by atoms with van der Waals surface area (Å²) in [6.07, 6.45) is 0. The number of nitrogens with zero attached hydrogens (tertiary/aromatic N) is 1. The van der Waals surface area contributed by atoms with Crippen molar-refractivity contribution in [3.8, 4) is 5.75 Å². The van der Waals surface area contributed by atoms with Crippen LogP contribution < -0.4 is 10.1 Å². The zero-order valence-electron chi connectivity index (χ0n) is 8.78. The molecule has 1 aromatic rings. The van der Waals surface area contributed by atoms with E-state index in [0.717, 1.165) is 38.5 Å². The van der Waals surface area contributed by atoms with Gasteiger partial charge in [0, 0.05) is 31.7 Å². The molecule has 2 aliphatic heterocycles. The molecule has 0 radical (unpaired) electrons. The van der Waals surface area contributed by atoms with Gasteiger partial charge in [-0.05, 0) is 6.07 Å². The van der Waals surface area contributed by atoms with Crippen molar-refractivity contribution < 1.29 is 4.74 Å². The monoisotopic (exact) mass is 204 g/mol. The van der Waals surface area contributed by atoms with Gasteiger partial charge in [-0.25, -0.2) is 0 Å². The SMILES string of the molecule is c1ccc2c(c1)CN1CCNCC1CO2. The Morgan fingerprint density at radius 1 is 1.33 bits per heavy atom. The van der Waals surface area contributed by atoms with Gasteiger partial charge in [-0.3, -0.25) is 4.90 Å². The van der Waals surface area contributed by atoms with E-state index in [1.54, 1.807) is 0 Å². The predicted molar refractivity (Wildman–Crippen MR) is 59.0 cm³/mol. The van der Waals surface area contributed by atoms with Gasteiger partial charge in [0.25, 0.3) is 0 Å². The lowest BCUT2D eigenvalue weighted by molar-refractivity contribution is 0.120. The Kier molecular flexibility index (Phi) is 2.35. The lowest BCUT2D eigenvalue weighted by atomic mass is 10.1. The van der Waals surface area contributed by atoms with E-state index in [2.05, 4.69) is 28.4 Å². The molecule has 1 fully saturated rings. The van der Waals surface area contributed by atoms with Crippen LogP contribution in [0.15, 0.2) is 24.3 Å². The van der Waals surface area contributed by atoms with Crippen molar-refractivity contribution in [1.29, 1.82) is 0 Å². The van der Waals surface area contributed by atoms with Gasteiger partial charge in [-0.2, -0.15) is 0 Å². The Bertz CT molecular complexity index is 353. The molecule has 3 rings (SSSR count). The third-order valence-electron chi connectivity index (χ3n) is 3.25. The fourth-order valence-electron chi connectivity index (χ4n) is 2.36. The lowest BCUT2D eigenvalue weighted by Gasteiger charge is -2.33. The Labute approximate surface area is 90.0 Å². The van der Waals surface area contributed by atoms with Crippen LogP contribution >= 0.6 is 0 Å². The highest BCUT2D eigenvalue weighted by atomic mass is 16.5. The van der Waals surface area contributed by atoms with E-state index < -0.39 is 0 Å². The Morgan fingerprint density at radius 3 is 3.27 bits per heavy atom. The van der Waals surface area contributed by atoms with E-state index in [1.165, 1.54) is 5.56 Å². The zero-order chi connectivity index (χ0) is 10.1. The van der Waals surface area contributed by atoms with Crippen molar-refractivity contribution in [2.24, 2.45) is 0 Å². The molecule has 0 saturated carbocycles. The Balaban J connectivity index is 1.88. The van der Waals surface area contributed by atoms with Crippen LogP contribution in [0.4, 0.5) is 0 Å². The largest absolute Gasteiger partial charge is 0.492 e. The van der Waals surface area contributed by atoms with Crippen LogP contribution in [0.5, 0.6) is 5.75 Å². The highest BCUT2D eigenvalue weighted by Gasteiger charge is 2.26. The van der Waals surface area contributed by atoms with Crippen molar-refractivity contribution in [1.82, 2.24) is 10.2 Å². The van der Waals surface area contributed by atoms with Gasteiger partial charge >= 0.3 is 0 Å². The number of piperazine rings is 1. The number of fused-ring (bicyclic) bond motifs is 2. The van der Waals surface area contributed by atoms with Crippen LogP contribution in [0.25, 0.3) is 0 Å². The molecule has 0 spiro atoms. The van der Waals surface area contributed by atoms with Gasteiger partial charge in [0.2, 0.25) is 0 Å². The first-order chi connectivity index (χ1) is 7.43. The molecule has 1 unspecified atom stereocenters. The molecule has 1 N–H and O–H groups in total. The molecule has 0 aromatic heterocycles. The predicted octanol–water partition coefficient (Wildman–Crippen LogP) is 0.853. The minimum atomic E-state index is 0.533. The number of hydrogen-bond acceptors (Lipinski definition) is 3. The molecule has 1 atom stereocenters. The summed E-state index contributed by atoms with van der Waals surface area (Å²) in [7, 11) is 0. The van der Waals surface area contributed by atoms with Crippen LogP contribution in [0, 0.1) is 0 Å². The Morgan fingerprint density at radius 2 is 2.27 bits per heavy atom. The highest BCUT2D eigenvalue weighted by Crippen LogP contribution is 2.24. The van der Waals surface area contributed by atoms with Crippen molar-refractivity contribution >= 4 is 0 Å². The van der Waals surface area contributed by atoms with E-state index in [1.807, 2.05) is 6.07 Å². The molecule has 3 heteroatoms. The van der Waals surface area contributed by atoms with Gasteiger partial charge in [0.1, 0.15) is 12.4 Å². The summed E-state index contributed by atoms with van der Waals surface area (Å²) in [6, 6.07) is 8.90. The zero-order valence-corrected chi connectivity index (χ0v) is 8.78. The highest BCUT2D eigenvalue weighted by molar-refractivity contribution is 5.34. The minimum absolute atomic E-state index is 0.533. The third-order valence-corrected chi connectivity index (χ3v) is 3.25. The van der Waals surface area contributed by atoms with E-state index in [9.17, 15) is 0 Å². The smallest absolute Gasteiger partial charge is 0.123 e. The van der Waals surface area contributed by atoms with Gasteiger partial charge in [0.15, 0.2) is 0 Å². The first-order valence-corrected chi connectivity index (χ1v) is 5.59. The number of para-hydroxylation sites is 1. The van der Waals surface area contributed by atoms with E-state index in [0.29, 0.717) is 6.04 Å². The minimum Gasteiger partial charge on any atom is -0.492 e. The molecule has 1 aromatic carbocycles. The number of hydrogen-bond donors (Lipinski definition) is 1. The first-order valence-electron chi connectivity index (χ1n) is 5.59. The summed E-state index contributed by atoms with van der Waals surface area (Å²) in [4.78, 5) is 2.52. The van der Waals surface area contributed by atoms with Crippen molar-refractivity contribution in [2.45, 2.75) is 12.6 Å². The maximum atomic E-state index is 5.84. The van der Waals surface area contributed by atoms with Gasteiger partial charge in [-0.1, -0.05) is 18.2 Å². The lowest BCUT2D eigenvalue weighted by Crippen LogP contribution is -2.52. The summed E-state index contributed by atoms with van der Waals surface area (Å²) < 4.78 is 5.84. The maximum absolute atomic E-state index is 5.84. The van der Waals surface area contributed by atoms with Crippen LogP contribution in [0.3, 0.4) is 0 Å². The van der Waals surface area contributed by atoms with Gasteiger partial charge in [0.05, 0.1) is 6.04 Å². The van der Waals surface area contributed by atoms with Crippen LogP contribution in [-0.2, 0) is 6.54 Å². The standard InChI is InChI=1S/C12H16N2O/c1-2-4-12-10(3-1)8-14-6-5-13-7-11(14)9-15-12/h1-4,11,13H,5-9H2. The molecule has 0 bridgehead atoms. The number of nitrogens with one attached hydrogen (secondary N) is 1. The summed E-state index contributed by atoms with van der Waals surface area (Å²) in [5.74, 6) is 1.06. The number of benzene rings is 1. The van der Waals surface area contributed by atoms with Crippen molar-refractivity contribution in [3.63, 3.8) is 0 Å². The average Bonchev–Trinajstić information content (AvgIpc) is 2.48. The second-order valence-electron chi connectivity index (χ2n) is 4.25. The van der Waals surface area contributed by atoms with Crippen LogP contribution in [0.1, 0.15) is 5.56 Å². The van der Waals surface area contributed by atoms with Crippen molar-refractivity contribution in [3.05, 3.63) is 29.8 Å². The molecule has 15 heavy (non-hydrogen) atoms. The molecular weight excluding hydrogens is 188 g/mol. The summed E-state index contributed by atoms with van der Waals surface area (Å²) in [5, 5.41) is 3.42. The molecule has 2 heterocycles. The van der Waals surface area contributed by atoms with Gasteiger partial charge in [-0.15, -0.1) is 0 Å². The normalized spacial score (nSPS) is 26.0. The second-order valence-corrected chi connectivity index (χ2v) is 4.25. The third kappa shape index (κ3) is 1.73. The van der Waals surface area contributed by atoms with Gasteiger partial charge < -0.3 is 10.1 Å². The van der Waals surface area contributed by atoms with E-state index >= 15 is 0 Å². The fraction of sp³-hybridized carbons (Fsp3) is 0.500. The number of ether oxygens (including phenoxy) is 1. The molecular formula is C12H16N2O. The molecule has 3 nitrogen and oxygen atoms in total. The maximum Gasteiger partial charge on any atom is 0.123 e. The average molecular weight is 204 g/mol. The molecule has 2 aliphatic rings. The first kappa shape index (κ1) is 9.19.